The van der Waals surface area contributed by atoms with Crippen molar-refractivity contribution in [1.29, 1.82) is 0 Å². The lowest BCUT2D eigenvalue weighted by Crippen LogP contribution is -3.08. The fourth-order valence-electron chi connectivity index (χ4n) is 3.31. The molecule has 0 fully saturated rings. The zero-order chi connectivity index (χ0) is 20.4. The van der Waals surface area contributed by atoms with Crippen molar-refractivity contribution < 1.29 is 19.2 Å². The minimum Gasteiger partial charge on any atom is -0.454 e. The number of nitrogen functional groups attached to an aromatic ring is 1. The average Bonchev–Trinajstić information content (AvgIpc) is 3.11. The van der Waals surface area contributed by atoms with Crippen LogP contribution in [0.25, 0.3) is 0 Å². The molecule has 3 N–H and O–H groups in total. The number of carbonyl (C=O) groups excluding carboxylic acids is 1. The van der Waals surface area contributed by atoms with E-state index in [4.69, 9.17) is 15.2 Å². The van der Waals surface area contributed by atoms with E-state index in [1.165, 1.54) is 11.6 Å². The monoisotopic (exact) mass is 389 g/mol. The summed E-state index contributed by atoms with van der Waals surface area (Å²) in [5.41, 5.74) is 5.70. The summed E-state index contributed by atoms with van der Waals surface area (Å²) < 4.78 is 12.9. The highest BCUT2D eigenvalue weighted by Crippen LogP contribution is 2.32. The Morgan fingerprint density at radius 3 is 2.68 bits per heavy atom. The van der Waals surface area contributed by atoms with E-state index < -0.39 is 11.2 Å². The van der Waals surface area contributed by atoms with Crippen molar-refractivity contribution in [1.82, 2.24) is 9.13 Å². The van der Waals surface area contributed by atoms with Crippen LogP contribution in [0.15, 0.2) is 27.8 Å². The van der Waals surface area contributed by atoms with Crippen molar-refractivity contribution in [2.75, 3.05) is 26.1 Å². The topological polar surface area (TPSA) is 110 Å². The fourth-order valence-corrected chi connectivity index (χ4v) is 3.31. The zero-order valence-electron chi connectivity index (χ0n) is 16.3. The number of aromatic nitrogens is 2. The average molecular weight is 389 g/mol. The summed E-state index contributed by atoms with van der Waals surface area (Å²) in [5, 5.41) is 0. The molecule has 0 amide bonds. The molecule has 0 saturated carbocycles. The van der Waals surface area contributed by atoms with Gasteiger partial charge in [-0.2, -0.15) is 0 Å². The summed E-state index contributed by atoms with van der Waals surface area (Å²) in [4.78, 5) is 38.4. The molecule has 1 aromatic heterocycles. The van der Waals surface area contributed by atoms with E-state index in [9.17, 15) is 14.4 Å². The highest BCUT2D eigenvalue weighted by Gasteiger charge is 2.24. The predicted molar refractivity (Wildman–Crippen MR) is 103 cm³/mol. The number of carbonyl (C=O) groups is 1. The minimum atomic E-state index is -0.657. The third kappa shape index (κ3) is 3.65. The first kappa shape index (κ1) is 19.7. The molecule has 3 rings (SSSR count). The van der Waals surface area contributed by atoms with Gasteiger partial charge in [0.2, 0.25) is 12.6 Å². The molecular formula is C19H25N4O5+. The molecule has 0 saturated heterocycles. The Kier molecular flexibility index (Phi) is 5.55. The number of rotatable bonds is 7. The molecule has 1 aliphatic heterocycles. The summed E-state index contributed by atoms with van der Waals surface area (Å²) >= 11 is 0. The van der Waals surface area contributed by atoms with Crippen LogP contribution in [0, 0.1) is 0 Å². The number of hydrogen-bond donors (Lipinski definition) is 2. The molecule has 150 valence electrons. The van der Waals surface area contributed by atoms with Crippen LogP contribution >= 0.6 is 0 Å². The zero-order valence-corrected chi connectivity index (χ0v) is 16.3. The second-order valence-electron chi connectivity index (χ2n) is 6.98. The van der Waals surface area contributed by atoms with Crippen LogP contribution < -0.4 is 31.4 Å². The number of quaternary nitrogens is 1. The summed E-state index contributed by atoms with van der Waals surface area (Å²) in [6.07, 6.45) is 0.658. The van der Waals surface area contributed by atoms with E-state index in [1.54, 1.807) is 0 Å². The van der Waals surface area contributed by atoms with Crippen molar-refractivity contribution in [3.05, 3.63) is 50.2 Å². The van der Waals surface area contributed by atoms with E-state index in [2.05, 4.69) is 0 Å². The van der Waals surface area contributed by atoms with Gasteiger partial charge in [0.15, 0.2) is 11.5 Å². The van der Waals surface area contributed by atoms with Crippen molar-refractivity contribution >= 4 is 11.6 Å². The van der Waals surface area contributed by atoms with Gasteiger partial charge in [0, 0.05) is 19.2 Å². The number of benzene rings is 1. The maximum atomic E-state index is 12.8. The second-order valence-corrected chi connectivity index (χ2v) is 6.98. The largest absolute Gasteiger partial charge is 0.454 e. The van der Waals surface area contributed by atoms with Gasteiger partial charge in [0.05, 0.1) is 7.05 Å². The number of nitrogens with one attached hydrogen (secondary N) is 1. The van der Waals surface area contributed by atoms with E-state index >= 15 is 0 Å². The van der Waals surface area contributed by atoms with Crippen molar-refractivity contribution in [2.45, 2.75) is 26.4 Å². The van der Waals surface area contributed by atoms with Gasteiger partial charge in [-0.05, 0) is 24.6 Å². The van der Waals surface area contributed by atoms with E-state index in [1.807, 2.05) is 32.2 Å². The number of ketones is 1. The fraction of sp³-hybridized carbons (Fsp3) is 0.421. The Labute approximate surface area is 161 Å². The lowest BCUT2D eigenvalue weighted by molar-refractivity contribution is -0.884. The van der Waals surface area contributed by atoms with Crippen molar-refractivity contribution in [2.24, 2.45) is 7.05 Å². The van der Waals surface area contributed by atoms with Crippen LogP contribution in [0.2, 0.25) is 0 Å². The van der Waals surface area contributed by atoms with Crippen LogP contribution in [0.4, 0.5) is 5.82 Å². The number of nitrogens with zero attached hydrogens (tertiary/aromatic N) is 2. The standard InChI is InChI=1S/C19H24N4O5/c1-4-7-23-17(20)16(18(25)22(3)19(23)26)13(24)10-21(2)9-12-5-6-14-15(8-12)28-11-27-14/h5-6,8H,4,7,9-11,20H2,1-3H3/p+1. The second kappa shape index (κ2) is 7.89. The Morgan fingerprint density at radius 1 is 1.25 bits per heavy atom. The summed E-state index contributed by atoms with van der Waals surface area (Å²) in [6, 6.07) is 5.63. The first-order valence-electron chi connectivity index (χ1n) is 9.15. The van der Waals surface area contributed by atoms with Gasteiger partial charge >= 0.3 is 5.69 Å². The van der Waals surface area contributed by atoms with Crippen LogP contribution in [-0.2, 0) is 20.1 Å². The number of nitrogens with two attached hydrogens (primary N) is 1. The third-order valence-electron chi connectivity index (χ3n) is 4.71. The molecule has 9 nitrogen and oxygen atoms in total. The number of hydrogen-bond acceptors (Lipinski definition) is 6. The van der Waals surface area contributed by atoms with Gasteiger partial charge in [-0.3, -0.25) is 18.7 Å². The van der Waals surface area contributed by atoms with Crippen LogP contribution in [-0.4, -0.2) is 35.3 Å². The molecule has 0 bridgehead atoms. The van der Waals surface area contributed by atoms with E-state index in [-0.39, 0.29) is 30.5 Å². The number of likely N-dealkylation sites (N-methyl/N-ethyl adjacent to an activating group) is 1. The molecule has 0 spiro atoms. The van der Waals surface area contributed by atoms with Crippen LogP contribution in [0.5, 0.6) is 11.5 Å². The first-order valence-corrected chi connectivity index (χ1v) is 9.15. The van der Waals surface area contributed by atoms with Gasteiger partial charge in [-0.15, -0.1) is 0 Å². The molecule has 1 aliphatic rings. The predicted octanol–water partition coefficient (Wildman–Crippen LogP) is -0.834. The summed E-state index contributed by atoms with van der Waals surface area (Å²) in [6.45, 7) is 3.06. The molecule has 1 aromatic carbocycles. The number of fused-ring (bicyclic) bond motifs is 1. The van der Waals surface area contributed by atoms with Crippen LogP contribution in [0.3, 0.4) is 0 Å². The highest BCUT2D eigenvalue weighted by molar-refractivity contribution is 6.00. The van der Waals surface area contributed by atoms with Gasteiger partial charge in [-0.1, -0.05) is 6.92 Å². The molecule has 9 heteroatoms. The number of ether oxygens (including phenoxy) is 2. The van der Waals surface area contributed by atoms with Gasteiger partial charge in [0.1, 0.15) is 24.5 Å². The van der Waals surface area contributed by atoms with E-state index in [0.29, 0.717) is 31.0 Å². The number of anilines is 1. The lowest BCUT2D eigenvalue weighted by Gasteiger charge is -2.16. The maximum Gasteiger partial charge on any atom is 0.332 e. The van der Waals surface area contributed by atoms with E-state index in [0.717, 1.165) is 15.0 Å². The molecule has 1 atom stereocenters. The summed E-state index contributed by atoms with van der Waals surface area (Å²) in [7, 11) is 3.21. The van der Waals surface area contributed by atoms with Gasteiger partial charge < -0.3 is 20.1 Å². The lowest BCUT2D eigenvalue weighted by atomic mass is 10.1. The van der Waals surface area contributed by atoms with Crippen LogP contribution in [0.1, 0.15) is 29.3 Å². The molecule has 28 heavy (non-hydrogen) atoms. The SMILES string of the molecule is CCCn1c(N)c(C(=O)C[NH+](C)Cc2ccc3c(c2)OCO3)c(=O)n(C)c1=O. The Hall–Kier alpha value is -3.07. The molecule has 1 unspecified atom stereocenters. The highest BCUT2D eigenvalue weighted by atomic mass is 16.7. The van der Waals surface area contributed by atoms with Gasteiger partial charge in [-0.25, -0.2) is 4.79 Å². The molecule has 0 aliphatic carbocycles. The van der Waals surface area contributed by atoms with Crippen molar-refractivity contribution in [3.8, 4) is 11.5 Å². The summed E-state index contributed by atoms with van der Waals surface area (Å²) in [5.74, 6) is 0.935. The maximum absolute atomic E-state index is 12.8. The Bertz CT molecular complexity index is 1020. The molecule has 2 heterocycles. The number of Topliss-reactive ketones (excluding diaryl/α,β-unsaturated/α-hetero) is 1. The minimum absolute atomic E-state index is 0.0594. The normalized spacial score (nSPS) is 13.5. The quantitative estimate of drug-likeness (QED) is 0.598. The third-order valence-corrected chi connectivity index (χ3v) is 4.71. The van der Waals surface area contributed by atoms with Gasteiger partial charge in [0.25, 0.3) is 5.56 Å². The smallest absolute Gasteiger partial charge is 0.332 e. The Balaban J connectivity index is 1.81. The Morgan fingerprint density at radius 2 is 1.96 bits per heavy atom. The molecule has 0 radical (unpaired) electrons. The molecule has 2 aromatic rings. The first-order chi connectivity index (χ1) is 13.3. The molecular weight excluding hydrogens is 364 g/mol. The van der Waals surface area contributed by atoms with Crippen molar-refractivity contribution in [3.63, 3.8) is 0 Å².